The first-order chi connectivity index (χ1) is 16.8. The molecule has 2 aromatic carbocycles. The van der Waals surface area contributed by atoms with Gasteiger partial charge in [0.15, 0.2) is 0 Å². The van der Waals surface area contributed by atoms with Crippen LogP contribution in [0.25, 0.3) is 22.2 Å². The largest absolute Gasteiger partial charge is 0.457 e. The highest BCUT2D eigenvalue weighted by Crippen LogP contribution is 2.28. The highest BCUT2D eigenvalue weighted by atomic mass is 32.2. The van der Waals surface area contributed by atoms with Gasteiger partial charge < -0.3 is 9.47 Å². The van der Waals surface area contributed by atoms with E-state index >= 15 is 0 Å². The first-order valence-electron chi connectivity index (χ1n) is 11.3. The van der Waals surface area contributed by atoms with Crippen molar-refractivity contribution >= 4 is 29.8 Å². The fourth-order valence-corrected chi connectivity index (χ4v) is 4.45. The molecule has 0 unspecified atom stereocenters. The summed E-state index contributed by atoms with van der Waals surface area (Å²) in [6.45, 7) is 6.11. The van der Waals surface area contributed by atoms with Crippen LogP contribution in [0.5, 0.6) is 11.5 Å². The van der Waals surface area contributed by atoms with Gasteiger partial charge in [0.1, 0.15) is 18.2 Å². The van der Waals surface area contributed by atoms with Crippen LogP contribution >= 0.6 is 0 Å². The lowest BCUT2D eigenvalue weighted by molar-refractivity contribution is 0.0801. The van der Waals surface area contributed by atoms with Crippen LogP contribution < -0.4 is 4.74 Å². The van der Waals surface area contributed by atoms with Crippen LogP contribution in [0, 0.1) is 0 Å². The molecule has 0 spiro atoms. The van der Waals surface area contributed by atoms with Crippen LogP contribution in [0.4, 0.5) is 0 Å². The number of ether oxygens (including phenoxy) is 2. The third kappa shape index (κ3) is 7.01. The molecule has 0 bridgehead atoms. The van der Waals surface area contributed by atoms with Gasteiger partial charge in [-0.3, -0.25) is 8.86 Å². The fourth-order valence-electron chi connectivity index (χ4n) is 3.52. The van der Waals surface area contributed by atoms with Gasteiger partial charge in [-0.25, -0.2) is 4.68 Å². The highest BCUT2D eigenvalue weighted by Gasteiger charge is 2.09. The Labute approximate surface area is 207 Å². The van der Waals surface area contributed by atoms with Crippen molar-refractivity contribution in [3.05, 3.63) is 60.9 Å². The second kappa shape index (κ2) is 11.2. The smallest absolute Gasteiger partial charge is 0.264 e. The molecule has 0 aliphatic rings. The molecule has 9 nitrogen and oxygen atoms in total. The molecular formula is C24H29N4O5SSi. The number of aromatic nitrogens is 4. The van der Waals surface area contributed by atoms with Crippen molar-refractivity contribution in [2.75, 3.05) is 19.5 Å². The van der Waals surface area contributed by atoms with E-state index in [0.717, 1.165) is 41.1 Å². The van der Waals surface area contributed by atoms with E-state index in [2.05, 4.69) is 23.3 Å². The average Bonchev–Trinajstić information content (AvgIpc) is 3.43. The van der Waals surface area contributed by atoms with E-state index in [1.807, 2.05) is 53.2 Å². The molecule has 0 N–H and O–H groups in total. The van der Waals surface area contributed by atoms with Crippen LogP contribution in [0.15, 0.2) is 60.9 Å². The van der Waals surface area contributed by atoms with Crippen molar-refractivity contribution in [1.29, 1.82) is 0 Å². The van der Waals surface area contributed by atoms with Crippen LogP contribution in [0.2, 0.25) is 19.1 Å². The van der Waals surface area contributed by atoms with Gasteiger partial charge in [0.05, 0.1) is 36.8 Å². The van der Waals surface area contributed by atoms with E-state index in [1.165, 1.54) is 0 Å². The molecule has 0 aliphatic heterocycles. The molecule has 185 valence electrons. The number of hydrogen-bond donors (Lipinski definition) is 0. The van der Waals surface area contributed by atoms with Gasteiger partial charge in [0, 0.05) is 32.6 Å². The molecule has 2 aromatic heterocycles. The summed E-state index contributed by atoms with van der Waals surface area (Å²) in [7, 11) is -3.76. The number of nitrogens with zero attached hydrogens (tertiary/aromatic N) is 4. The Balaban J connectivity index is 1.38. The predicted molar refractivity (Wildman–Crippen MR) is 137 cm³/mol. The molecule has 0 fully saturated rings. The fraction of sp³-hybridized carbons (Fsp3) is 0.333. The van der Waals surface area contributed by atoms with Crippen molar-refractivity contribution in [2.45, 2.75) is 32.4 Å². The van der Waals surface area contributed by atoms with Crippen LogP contribution in [-0.2, 0) is 32.3 Å². The molecule has 2 heterocycles. The molecule has 0 saturated heterocycles. The maximum Gasteiger partial charge on any atom is 0.264 e. The van der Waals surface area contributed by atoms with Crippen LogP contribution in [0.3, 0.4) is 0 Å². The Morgan fingerprint density at radius 1 is 0.943 bits per heavy atom. The molecule has 35 heavy (non-hydrogen) atoms. The van der Waals surface area contributed by atoms with E-state index in [0.29, 0.717) is 24.8 Å². The van der Waals surface area contributed by atoms with E-state index in [-0.39, 0.29) is 15.4 Å². The van der Waals surface area contributed by atoms with Gasteiger partial charge in [-0.1, -0.05) is 13.1 Å². The van der Waals surface area contributed by atoms with Gasteiger partial charge in [0.2, 0.25) is 0 Å². The minimum Gasteiger partial charge on any atom is -0.457 e. The standard InChI is InChI=1S/C24H29N4O5SSi/c1-34(29,30)32-13-12-27-23-9-8-22(16-20(23)17-26-27)33-21-6-4-19(5-7-21)24-10-11-25-28(24)18-31-14-15-35(2)3/h4-11,16-17H,12-15,18H2,1-3H3. The van der Waals surface area contributed by atoms with Gasteiger partial charge in [-0.2, -0.15) is 18.6 Å². The summed E-state index contributed by atoms with van der Waals surface area (Å²) in [6.07, 6.45) is 4.53. The van der Waals surface area contributed by atoms with Gasteiger partial charge in [-0.15, -0.1) is 0 Å². The van der Waals surface area contributed by atoms with Gasteiger partial charge in [0.25, 0.3) is 10.1 Å². The second-order valence-corrected chi connectivity index (χ2v) is 13.0. The second-order valence-electron chi connectivity index (χ2n) is 8.45. The van der Waals surface area contributed by atoms with E-state index in [1.54, 1.807) is 17.1 Å². The molecule has 4 aromatic rings. The van der Waals surface area contributed by atoms with E-state index in [4.69, 9.17) is 13.7 Å². The quantitative estimate of drug-likeness (QED) is 0.157. The summed E-state index contributed by atoms with van der Waals surface area (Å²) in [6, 6.07) is 16.6. The minimum absolute atomic E-state index is 0.0321. The normalized spacial score (nSPS) is 12.0. The summed E-state index contributed by atoms with van der Waals surface area (Å²) in [4.78, 5) is 0. The molecule has 0 amide bonds. The summed E-state index contributed by atoms with van der Waals surface area (Å²) >= 11 is 0. The maximum absolute atomic E-state index is 11.1. The summed E-state index contributed by atoms with van der Waals surface area (Å²) in [5.74, 6) is 1.40. The first kappa shape index (κ1) is 25.1. The Kier molecular flexibility index (Phi) is 8.01. The molecule has 0 saturated carbocycles. The zero-order valence-electron chi connectivity index (χ0n) is 20.0. The first-order valence-corrected chi connectivity index (χ1v) is 15.8. The van der Waals surface area contributed by atoms with Crippen LogP contribution in [0.1, 0.15) is 0 Å². The average molecular weight is 514 g/mol. The number of rotatable bonds is 12. The Morgan fingerprint density at radius 2 is 1.71 bits per heavy atom. The third-order valence-corrected chi connectivity index (χ3v) is 7.08. The molecule has 1 radical (unpaired) electrons. The predicted octanol–water partition coefficient (Wildman–Crippen LogP) is 4.40. The lowest BCUT2D eigenvalue weighted by Gasteiger charge is -2.10. The monoisotopic (exact) mass is 513 g/mol. The summed E-state index contributed by atoms with van der Waals surface area (Å²) in [5, 5.41) is 9.59. The SMILES string of the molecule is C[Si](C)CCOCn1nccc1-c1ccc(Oc2ccc3c(cnn3CCOS(C)(=O)=O)c2)cc1. The summed E-state index contributed by atoms with van der Waals surface area (Å²) in [5.41, 5.74) is 2.89. The Hall–Kier alpha value is -2.99. The van der Waals surface area contributed by atoms with Crippen molar-refractivity contribution in [3.8, 4) is 22.8 Å². The van der Waals surface area contributed by atoms with Crippen molar-refractivity contribution in [2.24, 2.45) is 0 Å². The maximum atomic E-state index is 11.1. The van der Waals surface area contributed by atoms with E-state index in [9.17, 15) is 8.42 Å². The molecule has 0 aliphatic carbocycles. The highest BCUT2D eigenvalue weighted by molar-refractivity contribution is 7.85. The third-order valence-electron chi connectivity index (χ3n) is 5.28. The lowest BCUT2D eigenvalue weighted by atomic mass is 10.1. The van der Waals surface area contributed by atoms with Crippen molar-refractivity contribution in [1.82, 2.24) is 19.6 Å². The summed E-state index contributed by atoms with van der Waals surface area (Å²) < 4.78 is 42.5. The van der Waals surface area contributed by atoms with Gasteiger partial charge in [-0.05, 0) is 54.6 Å². The minimum atomic E-state index is -3.47. The number of hydrogen-bond acceptors (Lipinski definition) is 7. The van der Waals surface area contributed by atoms with Gasteiger partial charge >= 0.3 is 0 Å². The van der Waals surface area contributed by atoms with Crippen molar-refractivity contribution in [3.63, 3.8) is 0 Å². The van der Waals surface area contributed by atoms with Crippen LogP contribution in [-0.4, -0.2) is 56.2 Å². The lowest BCUT2D eigenvalue weighted by Crippen LogP contribution is -2.11. The molecule has 0 atom stereocenters. The molecular weight excluding hydrogens is 484 g/mol. The van der Waals surface area contributed by atoms with E-state index < -0.39 is 10.1 Å². The molecule has 4 rings (SSSR count). The Bertz CT molecular complexity index is 1370. The Morgan fingerprint density at radius 3 is 2.46 bits per heavy atom. The molecule has 11 heteroatoms. The van der Waals surface area contributed by atoms with Crippen molar-refractivity contribution < 1.29 is 22.1 Å². The zero-order chi connectivity index (χ0) is 24.8. The topological polar surface area (TPSA) is 97.5 Å². The number of fused-ring (bicyclic) bond motifs is 1. The number of benzene rings is 2. The zero-order valence-corrected chi connectivity index (χ0v) is 21.9.